The summed E-state index contributed by atoms with van der Waals surface area (Å²) in [5.41, 5.74) is 0.584. The van der Waals surface area contributed by atoms with Crippen LogP contribution in [0.25, 0.3) is 0 Å². The van der Waals surface area contributed by atoms with Gasteiger partial charge in [-0.2, -0.15) is 5.26 Å². The first-order valence-corrected chi connectivity index (χ1v) is 8.71. The van der Waals surface area contributed by atoms with Crippen LogP contribution in [0.1, 0.15) is 47.2 Å². The number of ether oxygens (including phenoxy) is 1. The highest BCUT2D eigenvalue weighted by Crippen LogP contribution is 2.21. The van der Waals surface area contributed by atoms with Crippen molar-refractivity contribution in [3.8, 4) is 6.07 Å². The van der Waals surface area contributed by atoms with Crippen LogP contribution >= 0.6 is 0 Å². The van der Waals surface area contributed by atoms with Gasteiger partial charge in [0.25, 0.3) is 5.56 Å². The maximum atomic E-state index is 12.8. The largest absolute Gasteiger partial charge is 0.383 e. The van der Waals surface area contributed by atoms with E-state index in [2.05, 4.69) is 0 Å². The van der Waals surface area contributed by atoms with Crippen molar-refractivity contribution in [1.29, 1.82) is 5.26 Å². The molecule has 0 N–H and O–H groups in total. The molecule has 0 spiro atoms. The summed E-state index contributed by atoms with van der Waals surface area (Å²) in [6, 6.07) is 3.57. The summed E-state index contributed by atoms with van der Waals surface area (Å²) in [5, 5.41) is 9.12. The van der Waals surface area contributed by atoms with Crippen LogP contribution in [0.5, 0.6) is 0 Å². The van der Waals surface area contributed by atoms with Crippen molar-refractivity contribution in [3.05, 3.63) is 55.6 Å². The molecule has 1 atom stereocenters. The van der Waals surface area contributed by atoms with Crippen molar-refractivity contribution in [2.75, 3.05) is 13.7 Å². The smallest absolute Gasteiger partial charge is 0.331 e. The molecule has 0 radical (unpaired) electrons. The van der Waals surface area contributed by atoms with Gasteiger partial charge < -0.3 is 9.30 Å². The van der Waals surface area contributed by atoms with E-state index >= 15 is 0 Å². The Morgan fingerprint density at radius 2 is 2.00 bits per heavy atom. The van der Waals surface area contributed by atoms with E-state index in [4.69, 9.17) is 10.00 Å². The fraction of sp³-hybridized carbons (Fsp3) is 0.474. The fourth-order valence-electron chi connectivity index (χ4n) is 3.38. The molecule has 0 aromatic carbocycles. The van der Waals surface area contributed by atoms with Crippen LogP contribution in [0, 0.1) is 25.2 Å². The zero-order valence-corrected chi connectivity index (χ0v) is 16.3. The molecular formula is C19H24N4O4. The maximum Gasteiger partial charge on any atom is 0.331 e. The van der Waals surface area contributed by atoms with Gasteiger partial charge in [-0.15, -0.1) is 0 Å². The number of nitrogens with zero attached hydrogens (tertiary/aromatic N) is 4. The predicted molar refractivity (Wildman–Crippen MR) is 100 cm³/mol. The lowest BCUT2D eigenvalue weighted by atomic mass is 10.1. The number of carbonyl (C=O) groups excluding carboxylic acids is 1. The molecule has 0 unspecified atom stereocenters. The van der Waals surface area contributed by atoms with E-state index in [0.717, 1.165) is 16.0 Å². The Balaban J connectivity index is 2.48. The van der Waals surface area contributed by atoms with E-state index in [-0.39, 0.29) is 17.4 Å². The molecule has 0 saturated heterocycles. The van der Waals surface area contributed by atoms with Crippen molar-refractivity contribution in [3.63, 3.8) is 0 Å². The lowest BCUT2D eigenvalue weighted by Gasteiger charge is -2.17. The second kappa shape index (κ2) is 8.18. The molecule has 0 fully saturated rings. The quantitative estimate of drug-likeness (QED) is 0.684. The number of Topliss-reactive ketones (excluding diaryl/α,β-unsaturated/α-hetero) is 1. The monoisotopic (exact) mass is 372 g/mol. The molecule has 0 aliphatic rings. The third-order valence-corrected chi connectivity index (χ3v) is 4.63. The van der Waals surface area contributed by atoms with Crippen LogP contribution in [0.15, 0.2) is 21.9 Å². The molecule has 0 bridgehead atoms. The van der Waals surface area contributed by atoms with Crippen molar-refractivity contribution >= 4 is 5.78 Å². The van der Waals surface area contributed by atoms with Gasteiger partial charge in [-0.1, -0.05) is 0 Å². The Kier molecular flexibility index (Phi) is 6.18. The minimum Gasteiger partial charge on any atom is -0.383 e. The van der Waals surface area contributed by atoms with Gasteiger partial charge in [0.15, 0.2) is 5.78 Å². The highest BCUT2D eigenvalue weighted by atomic mass is 16.5. The summed E-state index contributed by atoms with van der Waals surface area (Å²) in [7, 11) is 1.62. The third kappa shape index (κ3) is 3.78. The van der Waals surface area contributed by atoms with Gasteiger partial charge in [0, 0.05) is 36.8 Å². The molecule has 0 amide bonds. The zero-order valence-electron chi connectivity index (χ0n) is 16.3. The van der Waals surface area contributed by atoms with Gasteiger partial charge in [0.1, 0.15) is 11.6 Å². The molecule has 2 heterocycles. The van der Waals surface area contributed by atoms with Gasteiger partial charge in [-0.3, -0.25) is 18.7 Å². The fourth-order valence-corrected chi connectivity index (χ4v) is 3.38. The lowest BCUT2D eigenvalue weighted by molar-refractivity contribution is 0.0967. The Morgan fingerprint density at radius 3 is 2.56 bits per heavy atom. The number of aryl methyl sites for hydroxylation is 2. The van der Waals surface area contributed by atoms with Crippen LogP contribution in [0.3, 0.4) is 0 Å². The Hall–Kier alpha value is -2.92. The number of aromatic nitrogens is 3. The van der Waals surface area contributed by atoms with Crippen LogP contribution in [0.4, 0.5) is 0 Å². The molecule has 2 aromatic rings. The molecular weight excluding hydrogens is 348 g/mol. The summed E-state index contributed by atoms with van der Waals surface area (Å²) in [6.45, 7) is 7.81. The van der Waals surface area contributed by atoms with Crippen LogP contribution < -0.4 is 11.2 Å². The number of rotatable bonds is 7. The number of methoxy groups -OCH3 is 1. The molecule has 8 heteroatoms. The zero-order chi connectivity index (χ0) is 20.3. The van der Waals surface area contributed by atoms with Crippen LogP contribution in [0.2, 0.25) is 0 Å². The second-order valence-electron chi connectivity index (χ2n) is 6.50. The molecule has 144 valence electrons. The van der Waals surface area contributed by atoms with E-state index in [0.29, 0.717) is 18.7 Å². The average molecular weight is 372 g/mol. The minimum absolute atomic E-state index is 0.0403. The Labute approximate surface area is 157 Å². The SMILES string of the molecule is CCn1cc(C#N)c(=O)n(CC(=O)c2cc(C)n([C@H](C)COC)c2C)c1=O. The van der Waals surface area contributed by atoms with Crippen molar-refractivity contribution in [2.45, 2.75) is 46.8 Å². The van der Waals surface area contributed by atoms with E-state index in [1.165, 1.54) is 10.8 Å². The molecule has 2 rings (SSSR count). The normalized spacial score (nSPS) is 12.0. The van der Waals surface area contributed by atoms with Gasteiger partial charge in [-0.25, -0.2) is 4.79 Å². The number of hydrogen-bond acceptors (Lipinski definition) is 5. The first kappa shape index (κ1) is 20.4. The first-order chi connectivity index (χ1) is 12.8. The molecule has 0 aliphatic heterocycles. The predicted octanol–water partition coefficient (Wildman–Crippen LogP) is 1.41. The van der Waals surface area contributed by atoms with Crippen LogP contribution in [-0.4, -0.2) is 33.2 Å². The summed E-state index contributed by atoms with van der Waals surface area (Å²) in [4.78, 5) is 37.7. The number of ketones is 1. The summed E-state index contributed by atoms with van der Waals surface area (Å²) in [5.74, 6) is -0.351. The molecule has 8 nitrogen and oxygen atoms in total. The summed E-state index contributed by atoms with van der Waals surface area (Å²) < 4.78 is 9.26. The van der Waals surface area contributed by atoms with Crippen molar-refractivity contribution in [2.24, 2.45) is 0 Å². The van der Waals surface area contributed by atoms with E-state index in [9.17, 15) is 14.4 Å². The number of carbonyl (C=O) groups is 1. The Bertz CT molecular complexity index is 1020. The number of hydrogen-bond donors (Lipinski definition) is 0. The van der Waals surface area contributed by atoms with Gasteiger partial charge >= 0.3 is 5.69 Å². The lowest BCUT2D eigenvalue weighted by Crippen LogP contribution is -2.42. The standard InChI is InChI=1S/C19H24N4O4/c1-6-21-9-15(8-20)18(25)22(19(21)26)10-17(24)16-7-12(2)23(14(16)4)13(3)11-27-5/h7,9,13H,6,10-11H2,1-5H3/t13-/m1/s1. The molecule has 27 heavy (non-hydrogen) atoms. The second-order valence-corrected chi connectivity index (χ2v) is 6.50. The van der Waals surface area contributed by atoms with Crippen LogP contribution in [-0.2, 0) is 17.8 Å². The maximum absolute atomic E-state index is 12.8. The topological polar surface area (TPSA) is 99.0 Å². The van der Waals surface area contributed by atoms with Crippen molar-refractivity contribution in [1.82, 2.24) is 13.7 Å². The number of nitriles is 1. The first-order valence-electron chi connectivity index (χ1n) is 8.71. The van der Waals surface area contributed by atoms with Gasteiger partial charge in [0.05, 0.1) is 19.2 Å². The highest BCUT2D eigenvalue weighted by molar-refractivity contribution is 5.97. The molecule has 0 saturated carbocycles. The summed E-state index contributed by atoms with van der Waals surface area (Å²) >= 11 is 0. The highest BCUT2D eigenvalue weighted by Gasteiger charge is 2.21. The molecule has 0 aliphatic carbocycles. The third-order valence-electron chi connectivity index (χ3n) is 4.63. The van der Waals surface area contributed by atoms with Gasteiger partial charge in [0.2, 0.25) is 0 Å². The van der Waals surface area contributed by atoms with E-state index < -0.39 is 17.8 Å². The van der Waals surface area contributed by atoms with Crippen molar-refractivity contribution < 1.29 is 9.53 Å². The van der Waals surface area contributed by atoms with Gasteiger partial charge in [-0.05, 0) is 33.8 Å². The van der Waals surface area contributed by atoms with E-state index in [1.807, 2.05) is 25.3 Å². The summed E-state index contributed by atoms with van der Waals surface area (Å²) in [6.07, 6.45) is 1.23. The van der Waals surface area contributed by atoms with E-state index in [1.54, 1.807) is 26.2 Å². The molecule has 2 aromatic heterocycles. The Morgan fingerprint density at radius 1 is 1.33 bits per heavy atom. The minimum atomic E-state index is -0.748. The average Bonchev–Trinajstić information content (AvgIpc) is 2.93.